The average Bonchev–Trinajstić information content (AvgIpc) is 2.72. The van der Waals surface area contributed by atoms with E-state index in [9.17, 15) is 0 Å². The third-order valence-electron chi connectivity index (χ3n) is 7.48. The van der Waals surface area contributed by atoms with Crippen LogP contribution in [0, 0.1) is 10.8 Å². The van der Waals surface area contributed by atoms with Crippen LogP contribution >= 0.6 is 0 Å². The van der Waals surface area contributed by atoms with Gasteiger partial charge in [0.05, 0.1) is 12.8 Å². The van der Waals surface area contributed by atoms with Gasteiger partial charge in [0.15, 0.2) is 0 Å². The Balaban J connectivity index is 1.78. The number of ether oxygens (including phenoxy) is 1. The maximum Gasteiger partial charge on any atom is 0.144 e. The predicted molar refractivity (Wildman–Crippen MR) is 128 cm³/mol. The van der Waals surface area contributed by atoms with Crippen LogP contribution in [-0.2, 0) is 0 Å². The normalized spacial score (nSPS) is 24.7. The van der Waals surface area contributed by atoms with Crippen molar-refractivity contribution >= 4 is 11.4 Å². The van der Waals surface area contributed by atoms with Crippen molar-refractivity contribution in [2.75, 3.05) is 56.2 Å². The van der Waals surface area contributed by atoms with Crippen LogP contribution < -0.4 is 19.9 Å². The average molecular weight is 414 g/mol. The quantitative estimate of drug-likeness (QED) is 0.714. The number of anilines is 2. The summed E-state index contributed by atoms with van der Waals surface area (Å²) >= 11 is 0. The molecule has 1 N–H and O–H groups in total. The van der Waals surface area contributed by atoms with E-state index in [1.54, 1.807) is 5.56 Å². The molecule has 4 heteroatoms. The monoisotopic (exact) mass is 413 g/mol. The molecule has 0 unspecified atom stereocenters. The molecule has 4 nitrogen and oxygen atoms in total. The van der Waals surface area contributed by atoms with Crippen LogP contribution in [0.5, 0.6) is 5.75 Å². The molecule has 0 bridgehead atoms. The van der Waals surface area contributed by atoms with Gasteiger partial charge in [-0.1, -0.05) is 27.7 Å². The van der Waals surface area contributed by atoms with Gasteiger partial charge in [-0.25, -0.2) is 0 Å². The molecule has 0 atom stereocenters. The second-order valence-electron chi connectivity index (χ2n) is 11.5. The van der Waals surface area contributed by atoms with Gasteiger partial charge in [-0.15, -0.1) is 0 Å². The molecule has 3 fully saturated rings. The van der Waals surface area contributed by atoms with Crippen LogP contribution in [0.1, 0.15) is 77.7 Å². The molecule has 0 spiro atoms. The Morgan fingerprint density at radius 2 is 1.43 bits per heavy atom. The molecule has 1 aliphatic carbocycles. The second-order valence-corrected chi connectivity index (χ2v) is 11.5. The van der Waals surface area contributed by atoms with Crippen LogP contribution in [0.4, 0.5) is 11.4 Å². The molecule has 0 aromatic heterocycles. The molecule has 2 aliphatic heterocycles. The summed E-state index contributed by atoms with van der Waals surface area (Å²) in [7, 11) is 1.84. The number of rotatable bonds is 4. The van der Waals surface area contributed by atoms with Gasteiger partial charge < -0.3 is 19.9 Å². The Morgan fingerprint density at radius 3 is 2.03 bits per heavy atom. The van der Waals surface area contributed by atoms with E-state index in [0.717, 1.165) is 45.0 Å². The van der Waals surface area contributed by atoms with Crippen molar-refractivity contribution in [2.24, 2.45) is 10.8 Å². The summed E-state index contributed by atoms with van der Waals surface area (Å²) < 4.78 is 5.97. The zero-order valence-electron chi connectivity index (χ0n) is 20.0. The lowest BCUT2D eigenvalue weighted by Gasteiger charge is -2.46. The van der Waals surface area contributed by atoms with Gasteiger partial charge in [-0.3, -0.25) is 0 Å². The molecular formula is C26H43N3O. The fourth-order valence-corrected chi connectivity index (χ4v) is 6.69. The zero-order chi connectivity index (χ0) is 21.4. The maximum absolute atomic E-state index is 5.97. The number of piperazine rings is 1. The van der Waals surface area contributed by atoms with Crippen molar-refractivity contribution < 1.29 is 4.74 Å². The summed E-state index contributed by atoms with van der Waals surface area (Å²) in [5.41, 5.74) is 5.09. The van der Waals surface area contributed by atoms with Crippen molar-refractivity contribution in [1.29, 1.82) is 0 Å². The van der Waals surface area contributed by atoms with Crippen molar-refractivity contribution in [3.8, 4) is 5.75 Å². The Labute approximate surface area is 184 Å². The van der Waals surface area contributed by atoms with Crippen LogP contribution in [0.3, 0.4) is 0 Å². The first-order valence-electron chi connectivity index (χ1n) is 12.2. The lowest BCUT2D eigenvalue weighted by Crippen LogP contribution is -2.44. The Kier molecular flexibility index (Phi) is 6.25. The number of piperidine rings is 1. The number of hydrogen-bond acceptors (Lipinski definition) is 4. The Hall–Kier alpha value is -1.42. The van der Waals surface area contributed by atoms with Crippen molar-refractivity contribution in [3.63, 3.8) is 0 Å². The number of nitrogens with one attached hydrogen (secondary N) is 1. The lowest BCUT2D eigenvalue weighted by atomic mass is 9.60. The third-order valence-corrected chi connectivity index (χ3v) is 7.48. The van der Waals surface area contributed by atoms with E-state index < -0.39 is 0 Å². The van der Waals surface area contributed by atoms with Gasteiger partial charge in [0.1, 0.15) is 5.75 Å². The standard InChI is InChI=1S/C26H43N3O/c1-25(2)17-20(18-26(3,4)19-25)21-15-23(28-11-7-6-8-12-28)24(30-5)16-22(21)29-13-9-27-10-14-29/h15-16,20,27H,6-14,17-19H2,1-5H3. The fraction of sp³-hybridized carbons (Fsp3) is 0.769. The SMILES string of the molecule is COc1cc(N2CCNCC2)c(C2CC(C)(C)CC(C)(C)C2)cc1N1CCCCC1. The summed E-state index contributed by atoms with van der Waals surface area (Å²) in [5.74, 6) is 1.67. The summed E-state index contributed by atoms with van der Waals surface area (Å²) in [6.07, 6.45) is 7.82. The van der Waals surface area contributed by atoms with E-state index in [4.69, 9.17) is 4.74 Å². The van der Waals surface area contributed by atoms with Gasteiger partial charge in [0.2, 0.25) is 0 Å². The van der Waals surface area contributed by atoms with Gasteiger partial charge in [-0.2, -0.15) is 0 Å². The molecule has 0 radical (unpaired) electrons. The van der Waals surface area contributed by atoms with Crippen LogP contribution in [-0.4, -0.2) is 46.4 Å². The molecule has 3 aliphatic rings. The summed E-state index contributed by atoms with van der Waals surface area (Å²) in [6, 6.07) is 4.91. The molecule has 0 amide bonds. The molecule has 30 heavy (non-hydrogen) atoms. The minimum Gasteiger partial charge on any atom is -0.495 e. The highest BCUT2D eigenvalue weighted by Gasteiger charge is 2.40. The van der Waals surface area contributed by atoms with E-state index >= 15 is 0 Å². The van der Waals surface area contributed by atoms with Gasteiger partial charge >= 0.3 is 0 Å². The molecule has 2 heterocycles. The minimum atomic E-state index is 0.387. The zero-order valence-corrected chi connectivity index (χ0v) is 20.0. The highest BCUT2D eigenvalue weighted by Crippen LogP contribution is 2.54. The van der Waals surface area contributed by atoms with E-state index in [2.05, 4.69) is 54.9 Å². The molecule has 168 valence electrons. The van der Waals surface area contributed by atoms with Crippen LogP contribution in [0.2, 0.25) is 0 Å². The largest absolute Gasteiger partial charge is 0.495 e. The minimum absolute atomic E-state index is 0.387. The van der Waals surface area contributed by atoms with Gasteiger partial charge in [0, 0.05) is 51.0 Å². The summed E-state index contributed by atoms with van der Waals surface area (Å²) in [4.78, 5) is 5.18. The summed E-state index contributed by atoms with van der Waals surface area (Å²) in [5, 5.41) is 3.52. The number of methoxy groups -OCH3 is 1. The Bertz CT molecular complexity index is 714. The first kappa shape index (κ1) is 21.8. The van der Waals surface area contributed by atoms with Crippen LogP contribution in [0.15, 0.2) is 12.1 Å². The highest BCUT2D eigenvalue weighted by molar-refractivity contribution is 5.71. The predicted octanol–water partition coefficient (Wildman–Crippen LogP) is 5.42. The summed E-state index contributed by atoms with van der Waals surface area (Å²) in [6.45, 7) is 16.5. The maximum atomic E-state index is 5.97. The van der Waals surface area contributed by atoms with E-state index in [1.807, 2.05) is 7.11 Å². The molecule has 2 saturated heterocycles. The first-order valence-corrected chi connectivity index (χ1v) is 12.2. The number of benzene rings is 1. The van der Waals surface area contributed by atoms with Crippen molar-refractivity contribution in [1.82, 2.24) is 5.32 Å². The van der Waals surface area contributed by atoms with E-state index in [1.165, 1.54) is 49.9 Å². The van der Waals surface area contributed by atoms with Gasteiger partial charge in [0.25, 0.3) is 0 Å². The molecule has 1 aromatic carbocycles. The molecular weight excluding hydrogens is 370 g/mol. The van der Waals surface area contributed by atoms with Crippen LogP contribution in [0.25, 0.3) is 0 Å². The third kappa shape index (κ3) is 4.74. The number of hydrogen-bond donors (Lipinski definition) is 1. The molecule has 1 aromatic rings. The fourth-order valence-electron chi connectivity index (χ4n) is 6.69. The molecule has 4 rings (SSSR count). The van der Waals surface area contributed by atoms with Crippen molar-refractivity contribution in [2.45, 2.75) is 72.1 Å². The first-order chi connectivity index (χ1) is 14.3. The van der Waals surface area contributed by atoms with E-state index in [-0.39, 0.29) is 0 Å². The highest BCUT2D eigenvalue weighted by atomic mass is 16.5. The van der Waals surface area contributed by atoms with Crippen molar-refractivity contribution in [3.05, 3.63) is 17.7 Å². The number of nitrogens with zero attached hydrogens (tertiary/aromatic N) is 2. The van der Waals surface area contributed by atoms with Gasteiger partial charge in [-0.05, 0) is 66.9 Å². The second kappa shape index (κ2) is 8.61. The Morgan fingerprint density at radius 1 is 0.833 bits per heavy atom. The van der Waals surface area contributed by atoms with E-state index in [0.29, 0.717) is 16.7 Å². The molecule has 1 saturated carbocycles. The smallest absolute Gasteiger partial charge is 0.144 e. The lowest BCUT2D eigenvalue weighted by molar-refractivity contribution is 0.0970. The topological polar surface area (TPSA) is 27.7 Å².